The molecule has 2 aromatic rings. The van der Waals surface area contributed by atoms with Crippen LogP contribution in [0.4, 0.5) is 11.4 Å². The molecule has 0 saturated heterocycles. The highest BCUT2D eigenvalue weighted by Gasteiger charge is 2.10. The van der Waals surface area contributed by atoms with E-state index in [1.807, 2.05) is 0 Å². The van der Waals surface area contributed by atoms with Gasteiger partial charge in [-0.1, -0.05) is 11.6 Å². The van der Waals surface area contributed by atoms with Crippen molar-refractivity contribution in [3.63, 3.8) is 0 Å². The van der Waals surface area contributed by atoms with E-state index in [4.69, 9.17) is 11.6 Å². The predicted molar refractivity (Wildman–Crippen MR) is 70.4 cm³/mol. The van der Waals surface area contributed by atoms with Crippen molar-refractivity contribution in [3.05, 3.63) is 55.7 Å². The van der Waals surface area contributed by atoms with Crippen molar-refractivity contribution in [2.75, 3.05) is 5.32 Å². The number of nitrogens with one attached hydrogen (secondary N) is 1. The van der Waals surface area contributed by atoms with Gasteiger partial charge in [0.05, 0.1) is 14.1 Å². The zero-order valence-electron chi connectivity index (χ0n) is 8.92. The molecule has 1 amide bonds. The zero-order chi connectivity index (χ0) is 13.1. The van der Waals surface area contributed by atoms with Crippen LogP contribution >= 0.6 is 22.9 Å². The van der Waals surface area contributed by atoms with Crippen LogP contribution in [0, 0.1) is 10.1 Å². The van der Waals surface area contributed by atoms with Crippen LogP contribution in [0.15, 0.2) is 36.4 Å². The van der Waals surface area contributed by atoms with E-state index < -0.39 is 4.92 Å². The number of amides is 1. The average molecular weight is 283 g/mol. The third-order valence-electron chi connectivity index (χ3n) is 2.13. The molecule has 5 nitrogen and oxygen atoms in total. The van der Waals surface area contributed by atoms with Gasteiger partial charge in [0.15, 0.2) is 0 Å². The van der Waals surface area contributed by atoms with E-state index in [-0.39, 0.29) is 11.6 Å². The van der Waals surface area contributed by atoms with E-state index in [2.05, 4.69) is 5.32 Å². The second-order valence-corrected chi connectivity index (χ2v) is 5.08. The summed E-state index contributed by atoms with van der Waals surface area (Å²) in [6.07, 6.45) is 0. The Hall–Kier alpha value is -1.92. The molecule has 0 unspecified atom stereocenters. The van der Waals surface area contributed by atoms with Gasteiger partial charge in [0.2, 0.25) is 0 Å². The van der Waals surface area contributed by atoms with E-state index in [0.29, 0.717) is 14.9 Å². The fourth-order valence-electron chi connectivity index (χ4n) is 1.30. The van der Waals surface area contributed by atoms with Crippen LogP contribution in [0.3, 0.4) is 0 Å². The van der Waals surface area contributed by atoms with Crippen molar-refractivity contribution in [2.24, 2.45) is 0 Å². The summed E-state index contributed by atoms with van der Waals surface area (Å²) < 4.78 is 0.531. The van der Waals surface area contributed by atoms with Crippen LogP contribution < -0.4 is 5.32 Å². The van der Waals surface area contributed by atoms with E-state index in [0.717, 1.165) is 0 Å². The molecule has 0 atom stereocenters. The number of benzene rings is 1. The Labute approximate surface area is 111 Å². The lowest BCUT2D eigenvalue weighted by atomic mass is 10.3. The molecule has 1 aromatic heterocycles. The SMILES string of the molecule is O=C(Nc1ccc([N+](=O)[O-])cc1)c1ccc(Cl)s1. The van der Waals surface area contributed by atoms with Gasteiger partial charge in [-0.15, -0.1) is 11.3 Å². The van der Waals surface area contributed by atoms with Crippen molar-refractivity contribution >= 4 is 40.2 Å². The summed E-state index contributed by atoms with van der Waals surface area (Å²) in [4.78, 5) is 22.2. The Bertz CT molecular complexity index is 595. The second-order valence-electron chi connectivity index (χ2n) is 3.36. The Morgan fingerprint density at radius 3 is 2.39 bits per heavy atom. The van der Waals surface area contributed by atoms with Crippen LogP contribution in [-0.4, -0.2) is 10.8 Å². The summed E-state index contributed by atoms with van der Waals surface area (Å²) in [6.45, 7) is 0. The minimum Gasteiger partial charge on any atom is -0.321 e. The lowest BCUT2D eigenvalue weighted by Crippen LogP contribution is -2.09. The van der Waals surface area contributed by atoms with Crippen molar-refractivity contribution in [1.29, 1.82) is 0 Å². The first-order valence-electron chi connectivity index (χ1n) is 4.87. The van der Waals surface area contributed by atoms with Gasteiger partial charge in [-0.3, -0.25) is 14.9 Å². The van der Waals surface area contributed by atoms with Crippen molar-refractivity contribution in [1.82, 2.24) is 0 Å². The maximum Gasteiger partial charge on any atom is 0.269 e. The fourth-order valence-corrected chi connectivity index (χ4v) is 2.23. The number of anilines is 1. The summed E-state index contributed by atoms with van der Waals surface area (Å²) in [7, 11) is 0. The van der Waals surface area contributed by atoms with Crippen molar-refractivity contribution in [3.8, 4) is 0 Å². The summed E-state index contributed by atoms with van der Waals surface area (Å²) in [6, 6.07) is 8.87. The maximum atomic E-state index is 11.8. The number of non-ortho nitro benzene ring substituents is 1. The average Bonchev–Trinajstić information content (AvgIpc) is 2.76. The highest BCUT2D eigenvalue weighted by Crippen LogP contribution is 2.23. The largest absolute Gasteiger partial charge is 0.321 e. The normalized spacial score (nSPS) is 10.1. The van der Waals surface area contributed by atoms with Gasteiger partial charge in [-0.2, -0.15) is 0 Å². The number of nitro benzene ring substituents is 1. The topological polar surface area (TPSA) is 72.2 Å². The third-order valence-corrected chi connectivity index (χ3v) is 3.36. The Morgan fingerprint density at radius 2 is 1.89 bits per heavy atom. The van der Waals surface area contributed by atoms with Gasteiger partial charge >= 0.3 is 0 Å². The van der Waals surface area contributed by atoms with Crippen LogP contribution in [0.1, 0.15) is 9.67 Å². The summed E-state index contributed by atoms with van der Waals surface area (Å²) >= 11 is 6.89. The molecule has 0 radical (unpaired) electrons. The number of carbonyl (C=O) groups is 1. The Kier molecular flexibility index (Phi) is 3.59. The number of rotatable bonds is 3. The van der Waals surface area contributed by atoms with Crippen LogP contribution in [0.5, 0.6) is 0 Å². The molecule has 0 aliphatic heterocycles. The molecule has 0 aliphatic rings. The molecule has 18 heavy (non-hydrogen) atoms. The number of thiophene rings is 1. The van der Waals surface area contributed by atoms with Gasteiger partial charge in [0.1, 0.15) is 0 Å². The maximum absolute atomic E-state index is 11.8. The van der Waals surface area contributed by atoms with Gasteiger partial charge in [0.25, 0.3) is 11.6 Å². The molecular weight excluding hydrogens is 276 g/mol. The highest BCUT2D eigenvalue weighted by molar-refractivity contribution is 7.18. The molecule has 7 heteroatoms. The molecule has 2 rings (SSSR count). The quantitative estimate of drug-likeness (QED) is 0.691. The summed E-state index contributed by atoms with van der Waals surface area (Å²) in [5, 5.41) is 13.1. The lowest BCUT2D eigenvalue weighted by molar-refractivity contribution is -0.384. The van der Waals surface area contributed by atoms with Crippen LogP contribution in [-0.2, 0) is 0 Å². The first-order valence-corrected chi connectivity index (χ1v) is 6.07. The van der Waals surface area contributed by atoms with Crippen LogP contribution in [0.25, 0.3) is 0 Å². The molecule has 0 spiro atoms. The number of hydrogen-bond donors (Lipinski definition) is 1. The first-order chi connectivity index (χ1) is 8.56. The molecule has 0 aliphatic carbocycles. The minimum absolute atomic E-state index is 0.0211. The van der Waals surface area contributed by atoms with Crippen molar-refractivity contribution in [2.45, 2.75) is 0 Å². The highest BCUT2D eigenvalue weighted by atomic mass is 35.5. The monoisotopic (exact) mass is 282 g/mol. The molecule has 1 aromatic carbocycles. The summed E-state index contributed by atoms with van der Waals surface area (Å²) in [5.74, 6) is -0.291. The molecular formula is C11H7ClN2O3S. The van der Waals surface area contributed by atoms with E-state index in [9.17, 15) is 14.9 Å². The number of carbonyl (C=O) groups excluding carboxylic acids is 1. The van der Waals surface area contributed by atoms with E-state index in [1.165, 1.54) is 35.6 Å². The van der Waals surface area contributed by atoms with Gasteiger partial charge in [0, 0.05) is 17.8 Å². The zero-order valence-corrected chi connectivity index (χ0v) is 10.5. The molecule has 1 heterocycles. The molecule has 92 valence electrons. The lowest BCUT2D eigenvalue weighted by Gasteiger charge is -2.02. The Morgan fingerprint density at radius 1 is 1.22 bits per heavy atom. The third kappa shape index (κ3) is 2.85. The van der Waals surface area contributed by atoms with E-state index >= 15 is 0 Å². The molecule has 0 saturated carbocycles. The Balaban J connectivity index is 2.10. The predicted octanol–water partition coefficient (Wildman–Crippen LogP) is 3.56. The standard InChI is InChI=1S/C11H7ClN2O3S/c12-10-6-5-9(18-10)11(15)13-7-1-3-8(4-2-7)14(16)17/h1-6H,(H,13,15). The van der Waals surface area contributed by atoms with Gasteiger partial charge in [-0.25, -0.2) is 0 Å². The molecule has 0 bridgehead atoms. The molecule has 1 N–H and O–H groups in total. The van der Waals surface area contributed by atoms with Crippen LogP contribution in [0.2, 0.25) is 4.34 Å². The van der Waals surface area contributed by atoms with Gasteiger partial charge in [-0.05, 0) is 24.3 Å². The fraction of sp³-hybridized carbons (Fsp3) is 0. The number of hydrogen-bond acceptors (Lipinski definition) is 4. The minimum atomic E-state index is -0.495. The first kappa shape index (κ1) is 12.5. The number of nitro groups is 1. The number of halogens is 1. The summed E-state index contributed by atoms with van der Waals surface area (Å²) in [5.41, 5.74) is 0.474. The van der Waals surface area contributed by atoms with E-state index in [1.54, 1.807) is 12.1 Å². The van der Waals surface area contributed by atoms with Crippen molar-refractivity contribution < 1.29 is 9.72 Å². The number of nitrogens with zero attached hydrogens (tertiary/aromatic N) is 1. The molecule has 0 fully saturated rings. The second kappa shape index (κ2) is 5.16. The van der Waals surface area contributed by atoms with Gasteiger partial charge < -0.3 is 5.32 Å². The smallest absolute Gasteiger partial charge is 0.269 e.